The molecule has 2 aromatic rings. The lowest BCUT2D eigenvalue weighted by molar-refractivity contribution is 0.0682. The summed E-state index contributed by atoms with van der Waals surface area (Å²) in [7, 11) is 0. The van der Waals surface area contributed by atoms with Gasteiger partial charge in [0.2, 0.25) is 0 Å². The fraction of sp³-hybridized carbons (Fsp3) is 0.444. The lowest BCUT2D eigenvalue weighted by Crippen LogP contribution is -2.39. The third-order valence-electron chi connectivity index (χ3n) is 4.66. The van der Waals surface area contributed by atoms with E-state index in [9.17, 15) is 4.79 Å². The van der Waals surface area contributed by atoms with Gasteiger partial charge in [0.1, 0.15) is 5.82 Å². The van der Waals surface area contributed by atoms with Gasteiger partial charge in [-0.3, -0.25) is 4.79 Å². The molecular formula is C18H23N3O. The molecular weight excluding hydrogens is 274 g/mol. The van der Waals surface area contributed by atoms with Crippen LogP contribution >= 0.6 is 0 Å². The monoisotopic (exact) mass is 297 g/mol. The number of rotatable bonds is 3. The van der Waals surface area contributed by atoms with Crippen LogP contribution in [0.4, 0.5) is 0 Å². The molecule has 1 amide bonds. The Morgan fingerprint density at radius 2 is 1.95 bits per heavy atom. The van der Waals surface area contributed by atoms with Gasteiger partial charge in [-0.15, -0.1) is 0 Å². The molecule has 3 rings (SSSR count). The van der Waals surface area contributed by atoms with E-state index in [4.69, 9.17) is 0 Å². The summed E-state index contributed by atoms with van der Waals surface area (Å²) in [6, 6.07) is 7.85. The van der Waals surface area contributed by atoms with Crippen LogP contribution in [0.1, 0.15) is 34.6 Å². The summed E-state index contributed by atoms with van der Waals surface area (Å²) < 4.78 is 2.21. The van der Waals surface area contributed by atoms with Crippen molar-refractivity contribution in [2.45, 2.75) is 33.2 Å². The molecule has 1 aromatic heterocycles. The minimum Gasteiger partial charge on any atom is -0.339 e. The zero-order valence-electron chi connectivity index (χ0n) is 13.3. The highest BCUT2D eigenvalue weighted by atomic mass is 16.2. The number of aryl methyl sites for hydroxylation is 2. The van der Waals surface area contributed by atoms with E-state index >= 15 is 0 Å². The second-order valence-electron chi connectivity index (χ2n) is 6.18. The topological polar surface area (TPSA) is 38.1 Å². The molecule has 116 valence electrons. The number of carbonyl (C=O) groups is 1. The van der Waals surface area contributed by atoms with Crippen LogP contribution in [0.3, 0.4) is 0 Å². The first-order valence-electron chi connectivity index (χ1n) is 7.98. The Morgan fingerprint density at radius 3 is 2.59 bits per heavy atom. The van der Waals surface area contributed by atoms with Crippen molar-refractivity contribution >= 4 is 5.91 Å². The van der Waals surface area contributed by atoms with Crippen LogP contribution in [0.15, 0.2) is 36.7 Å². The van der Waals surface area contributed by atoms with Gasteiger partial charge in [0.15, 0.2) is 0 Å². The fourth-order valence-electron chi connectivity index (χ4n) is 3.18. The third kappa shape index (κ3) is 3.06. The van der Waals surface area contributed by atoms with Crippen molar-refractivity contribution in [1.29, 1.82) is 0 Å². The van der Waals surface area contributed by atoms with Crippen molar-refractivity contribution in [1.82, 2.24) is 14.5 Å². The molecule has 2 heterocycles. The summed E-state index contributed by atoms with van der Waals surface area (Å²) in [5.74, 6) is 1.88. The standard InChI is InChI=1S/C18H23N3O/c1-14-5-3-4-6-17(14)18(22)20-10-7-16(8-11-20)13-21-12-9-19-15(21)2/h3-6,9,12,16H,7-8,10-11,13H2,1-2H3. The molecule has 1 aliphatic heterocycles. The molecule has 1 fully saturated rings. The quantitative estimate of drug-likeness (QED) is 0.873. The Hall–Kier alpha value is -2.10. The summed E-state index contributed by atoms with van der Waals surface area (Å²) in [5, 5.41) is 0. The van der Waals surface area contributed by atoms with Gasteiger partial charge in [0.25, 0.3) is 5.91 Å². The van der Waals surface area contributed by atoms with Crippen molar-refractivity contribution < 1.29 is 4.79 Å². The second-order valence-corrected chi connectivity index (χ2v) is 6.18. The summed E-state index contributed by atoms with van der Waals surface area (Å²) in [4.78, 5) is 18.9. The molecule has 0 bridgehead atoms. The van der Waals surface area contributed by atoms with E-state index in [2.05, 4.69) is 9.55 Å². The average Bonchev–Trinajstić information content (AvgIpc) is 2.93. The predicted molar refractivity (Wildman–Crippen MR) is 86.8 cm³/mol. The van der Waals surface area contributed by atoms with E-state index < -0.39 is 0 Å². The molecule has 1 aliphatic rings. The minimum atomic E-state index is 0.176. The van der Waals surface area contributed by atoms with Crippen molar-refractivity contribution in [2.75, 3.05) is 13.1 Å². The number of likely N-dealkylation sites (tertiary alicyclic amines) is 1. The summed E-state index contributed by atoms with van der Waals surface area (Å²) in [5.41, 5.74) is 1.90. The number of benzene rings is 1. The van der Waals surface area contributed by atoms with Gasteiger partial charge in [0.05, 0.1) is 0 Å². The first-order chi connectivity index (χ1) is 10.6. The van der Waals surface area contributed by atoms with Crippen molar-refractivity contribution in [3.05, 3.63) is 53.6 Å². The number of aromatic nitrogens is 2. The maximum Gasteiger partial charge on any atom is 0.254 e. The lowest BCUT2D eigenvalue weighted by atomic mass is 9.95. The molecule has 0 unspecified atom stereocenters. The molecule has 1 saturated heterocycles. The Kier molecular flexibility index (Phi) is 4.27. The largest absolute Gasteiger partial charge is 0.339 e. The molecule has 0 atom stereocenters. The fourth-order valence-corrected chi connectivity index (χ4v) is 3.18. The summed E-state index contributed by atoms with van der Waals surface area (Å²) in [6.07, 6.45) is 6.02. The van der Waals surface area contributed by atoms with Crippen LogP contribution in [0.2, 0.25) is 0 Å². The highest BCUT2D eigenvalue weighted by molar-refractivity contribution is 5.95. The van der Waals surface area contributed by atoms with Crippen molar-refractivity contribution in [2.24, 2.45) is 5.92 Å². The number of carbonyl (C=O) groups excluding carboxylic acids is 1. The van der Waals surface area contributed by atoms with Crippen LogP contribution < -0.4 is 0 Å². The van der Waals surface area contributed by atoms with Gasteiger partial charge >= 0.3 is 0 Å². The average molecular weight is 297 g/mol. The van der Waals surface area contributed by atoms with Crippen LogP contribution in [0.25, 0.3) is 0 Å². The smallest absolute Gasteiger partial charge is 0.254 e. The van der Waals surface area contributed by atoms with Crippen LogP contribution in [-0.2, 0) is 6.54 Å². The van der Waals surface area contributed by atoms with Gasteiger partial charge < -0.3 is 9.47 Å². The van der Waals surface area contributed by atoms with Crippen molar-refractivity contribution in [3.8, 4) is 0 Å². The first kappa shape index (κ1) is 14.8. The van der Waals surface area contributed by atoms with E-state index in [0.29, 0.717) is 5.92 Å². The molecule has 0 saturated carbocycles. The number of hydrogen-bond donors (Lipinski definition) is 0. The zero-order valence-corrected chi connectivity index (χ0v) is 13.3. The lowest BCUT2D eigenvalue weighted by Gasteiger charge is -2.32. The van der Waals surface area contributed by atoms with Crippen LogP contribution in [0.5, 0.6) is 0 Å². The summed E-state index contributed by atoms with van der Waals surface area (Å²) in [6.45, 7) is 6.76. The maximum atomic E-state index is 12.6. The van der Waals surface area contributed by atoms with Crippen LogP contribution in [0, 0.1) is 19.8 Å². The molecule has 1 aromatic carbocycles. The minimum absolute atomic E-state index is 0.176. The first-order valence-corrected chi connectivity index (χ1v) is 7.98. The normalized spacial score (nSPS) is 16.0. The van der Waals surface area contributed by atoms with E-state index in [-0.39, 0.29) is 5.91 Å². The Morgan fingerprint density at radius 1 is 1.23 bits per heavy atom. The van der Waals surface area contributed by atoms with E-state index in [1.54, 1.807) is 0 Å². The number of nitrogens with zero attached hydrogens (tertiary/aromatic N) is 3. The number of piperidine rings is 1. The highest BCUT2D eigenvalue weighted by Gasteiger charge is 2.24. The third-order valence-corrected chi connectivity index (χ3v) is 4.66. The zero-order chi connectivity index (χ0) is 15.5. The molecule has 0 N–H and O–H groups in total. The maximum absolute atomic E-state index is 12.6. The Labute approximate surface area is 131 Å². The van der Waals surface area contributed by atoms with Gasteiger partial charge in [0, 0.05) is 37.6 Å². The van der Waals surface area contributed by atoms with Crippen molar-refractivity contribution in [3.63, 3.8) is 0 Å². The second kappa shape index (κ2) is 6.34. The highest BCUT2D eigenvalue weighted by Crippen LogP contribution is 2.22. The van der Waals surface area contributed by atoms with Gasteiger partial charge in [-0.05, 0) is 44.2 Å². The number of hydrogen-bond acceptors (Lipinski definition) is 2. The van der Waals surface area contributed by atoms with Gasteiger partial charge in [-0.25, -0.2) is 4.98 Å². The molecule has 0 spiro atoms. The van der Waals surface area contributed by atoms with Crippen LogP contribution in [-0.4, -0.2) is 33.4 Å². The molecule has 4 nitrogen and oxygen atoms in total. The Balaban J connectivity index is 1.59. The summed E-state index contributed by atoms with van der Waals surface area (Å²) >= 11 is 0. The number of amides is 1. The molecule has 22 heavy (non-hydrogen) atoms. The Bertz CT molecular complexity index is 654. The van der Waals surface area contributed by atoms with E-state index in [0.717, 1.165) is 49.4 Å². The molecule has 4 heteroatoms. The van der Waals surface area contributed by atoms with E-state index in [1.807, 2.05) is 55.4 Å². The van der Waals surface area contributed by atoms with Gasteiger partial charge in [-0.1, -0.05) is 18.2 Å². The predicted octanol–water partition coefficient (Wildman–Crippen LogP) is 3.05. The molecule has 0 aliphatic carbocycles. The SMILES string of the molecule is Cc1ccccc1C(=O)N1CCC(Cn2ccnc2C)CC1. The van der Waals surface area contributed by atoms with Gasteiger partial charge in [-0.2, -0.15) is 0 Å². The van der Waals surface area contributed by atoms with E-state index in [1.165, 1.54) is 0 Å². The number of imidazole rings is 1. The molecule has 0 radical (unpaired) electrons.